The van der Waals surface area contributed by atoms with Gasteiger partial charge in [0.15, 0.2) is 11.6 Å². The quantitative estimate of drug-likeness (QED) is 0.794. The van der Waals surface area contributed by atoms with Crippen molar-refractivity contribution in [2.45, 2.75) is 13.0 Å². The van der Waals surface area contributed by atoms with E-state index >= 15 is 0 Å². The van der Waals surface area contributed by atoms with Crippen LogP contribution in [0, 0.1) is 5.82 Å². The van der Waals surface area contributed by atoms with Crippen molar-refractivity contribution in [1.82, 2.24) is 5.32 Å². The van der Waals surface area contributed by atoms with E-state index in [4.69, 9.17) is 9.47 Å². The largest absolute Gasteiger partial charge is 0.497 e. The lowest BCUT2D eigenvalue weighted by molar-refractivity contribution is 0.386. The van der Waals surface area contributed by atoms with E-state index in [0.29, 0.717) is 6.54 Å². The topological polar surface area (TPSA) is 30.5 Å². The van der Waals surface area contributed by atoms with E-state index in [1.165, 1.54) is 18.7 Å². The molecule has 1 N–H and O–H groups in total. The zero-order valence-electron chi connectivity index (χ0n) is 12.4. The number of hydrogen-bond acceptors (Lipinski definition) is 3. The number of methoxy groups -OCH3 is 2. The molecule has 0 saturated heterocycles. The molecule has 0 aliphatic carbocycles. The van der Waals surface area contributed by atoms with Crippen molar-refractivity contribution in [2.75, 3.05) is 20.8 Å². The lowest BCUT2D eigenvalue weighted by Gasteiger charge is -2.08. The summed E-state index contributed by atoms with van der Waals surface area (Å²) < 4.78 is 23.6. The first-order valence-corrected chi connectivity index (χ1v) is 6.89. The summed E-state index contributed by atoms with van der Waals surface area (Å²) in [5.74, 6) is 0.810. The molecule has 112 valence electrons. The molecule has 0 radical (unpaired) electrons. The van der Waals surface area contributed by atoms with Crippen molar-refractivity contribution < 1.29 is 13.9 Å². The van der Waals surface area contributed by atoms with Crippen LogP contribution >= 0.6 is 0 Å². The van der Waals surface area contributed by atoms with E-state index in [1.807, 2.05) is 24.3 Å². The van der Waals surface area contributed by atoms with Gasteiger partial charge in [-0.2, -0.15) is 0 Å². The maximum absolute atomic E-state index is 13.5. The molecule has 0 bridgehead atoms. The number of benzene rings is 2. The molecular formula is C17H20FNO2. The fourth-order valence-corrected chi connectivity index (χ4v) is 2.11. The summed E-state index contributed by atoms with van der Waals surface area (Å²) in [7, 11) is 3.13. The molecule has 0 spiro atoms. The fraction of sp³-hybridized carbons (Fsp3) is 0.294. The van der Waals surface area contributed by atoms with Crippen LogP contribution in [0.5, 0.6) is 11.5 Å². The smallest absolute Gasteiger partial charge is 0.165 e. The van der Waals surface area contributed by atoms with Gasteiger partial charge in [0.05, 0.1) is 14.2 Å². The molecule has 4 heteroatoms. The normalized spacial score (nSPS) is 10.4. The summed E-state index contributed by atoms with van der Waals surface area (Å²) in [6.07, 6.45) is 0.899. The van der Waals surface area contributed by atoms with Crippen LogP contribution in [0.3, 0.4) is 0 Å². The molecule has 0 heterocycles. The van der Waals surface area contributed by atoms with Gasteiger partial charge in [0.2, 0.25) is 0 Å². The van der Waals surface area contributed by atoms with E-state index in [1.54, 1.807) is 13.2 Å². The minimum Gasteiger partial charge on any atom is -0.497 e. The van der Waals surface area contributed by atoms with Crippen LogP contribution in [0.4, 0.5) is 4.39 Å². The second-order valence-electron chi connectivity index (χ2n) is 4.75. The second-order valence-corrected chi connectivity index (χ2v) is 4.75. The lowest BCUT2D eigenvalue weighted by Crippen LogP contribution is -2.16. The van der Waals surface area contributed by atoms with E-state index in [0.717, 1.165) is 24.3 Å². The van der Waals surface area contributed by atoms with Gasteiger partial charge >= 0.3 is 0 Å². The predicted octanol–water partition coefficient (Wildman–Crippen LogP) is 3.18. The summed E-state index contributed by atoms with van der Waals surface area (Å²) in [6, 6.07) is 13.0. The van der Waals surface area contributed by atoms with Gasteiger partial charge in [0, 0.05) is 6.54 Å². The third-order valence-electron chi connectivity index (χ3n) is 3.27. The van der Waals surface area contributed by atoms with Crippen LogP contribution < -0.4 is 14.8 Å². The molecule has 0 aliphatic rings. The fourth-order valence-electron chi connectivity index (χ4n) is 2.11. The molecule has 21 heavy (non-hydrogen) atoms. The molecule has 0 aliphatic heterocycles. The van der Waals surface area contributed by atoms with Gasteiger partial charge in [-0.1, -0.05) is 18.2 Å². The SMILES string of the molecule is COc1cccc(CCNCc2ccc(OC)c(F)c2)c1. The standard InChI is InChI=1S/C17H20FNO2/c1-20-15-5-3-4-13(10-15)8-9-19-12-14-6-7-17(21-2)16(18)11-14/h3-7,10-11,19H,8-9,12H2,1-2H3. The van der Waals surface area contributed by atoms with Crippen molar-refractivity contribution >= 4 is 0 Å². The van der Waals surface area contributed by atoms with Crippen LogP contribution in [0.1, 0.15) is 11.1 Å². The maximum Gasteiger partial charge on any atom is 0.165 e. The Kier molecular flexibility index (Phi) is 5.58. The zero-order valence-corrected chi connectivity index (χ0v) is 12.4. The highest BCUT2D eigenvalue weighted by Crippen LogP contribution is 2.17. The minimum absolute atomic E-state index is 0.273. The molecule has 2 rings (SSSR count). The Bertz CT molecular complexity index is 587. The van der Waals surface area contributed by atoms with Gasteiger partial charge in [-0.25, -0.2) is 4.39 Å². The van der Waals surface area contributed by atoms with Crippen LogP contribution in [0.2, 0.25) is 0 Å². The first-order chi connectivity index (χ1) is 10.2. The predicted molar refractivity (Wildman–Crippen MR) is 81.4 cm³/mol. The number of hydrogen-bond donors (Lipinski definition) is 1. The third-order valence-corrected chi connectivity index (χ3v) is 3.27. The Morgan fingerprint density at radius 3 is 2.57 bits per heavy atom. The third kappa shape index (κ3) is 4.46. The van der Waals surface area contributed by atoms with Gasteiger partial charge < -0.3 is 14.8 Å². The summed E-state index contributed by atoms with van der Waals surface area (Å²) in [5, 5.41) is 3.30. The molecule has 0 unspecified atom stereocenters. The van der Waals surface area contributed by atoms with Crippen LogP contribution in [-0.2, 0) is 13.0 Å². The van der Waals surface area contributed by atoms with Crippen molar-refractivity contribution in [3.63, 3.8) is 0 Å². The van der Waals surface area contributed by atoms with E-state index in [-0.39, 0.29) is 11.6 Å². The van der Waals surface area contributed by atoms with Crippen LogP contribution in [0.15, 0.2) is 42.5 Å². The van der Waals surface area contributed by atoms with Crippen molar-refractivity contribution in [3.05, 3.63) is 59.4 Å². The monoisotopic (exact) mass is 289 g/mol. The zero-order chi connectivity index (χ0) is 15.1. The summed E-state index contributed by atoms with van der Waals surface area (Å²) in [5.41, 5.74) is 2.11. The minimum atomic E-state index is -0.329. The van der Waals surface area contributed by atoms with Gasteiger partial charge in [0.1, 0.15) is 5.75 Å². The van der Waals surface area contributed by atoms with E-state index < -0.39 is 0 Å². The Hall–Kier alpha value is -2.07. The molecule has 0 amide bonds. The molecule has 2 aromatic carbocycles. The highest BCUT2D eigenvalue weighted by atomic mass is 19.1. The van der Waals surface area contributed by atoms with Gasteiger partial charge in [-0.15, -0.1) is 0 Å². The van der Waals surface area contributed by atoms with Gasteiger partial charge in [-0.3, -0.25) is 0 Å². The Morgan fingerprint density at radius 1 is 1.00 bits per heavy atom. The van der Waals surface area contributed by atoms with Gasteiger partial charge in [0.25, 0.3) is 0 Å². The highest BCUT2D eigenvalue weighted by Gasteiger charge is 2.03. The maximum atomic E-state index is 13.5. The molecule has 0 fully saturated rings. The molecule has 0 aromatic heterocycles. The molecule has 3 nitrogen and oxygen atoms in total. The number of ether oxygens (including phenoxy) is 2. The van der Waals surface area contributed by atoms with E-state index in [9.17, 15) is 4.39 Å². The van der Waals surface area contributed by atoms with Crippen molar-refractivity contribution in [1.29, 1.82) is 0 Å². The molecular weight excluding hydrogens is 269 g/mol. The molecule has 0 saturated carbocycles. The van der Waals surface area contributed by atoms with Crippen molar-refractivity contribution in [2.24, 2.45) is 0 Å². The van der Waals surface area contributed by atoms with Crippen LogP contribution in [-0.4, -0.2) is 20.8 Å². The summed E-state index contributed by atoms with van der Waals surface area (Å²) in [4.78, 5) is 0. The first-order valence-electron chi connectivity index (χ1n) is 6.89. The Balaban J connectivity index is 1.80. The van der Waals surface area contributed by atoms with Crippen molar-refractivity contribution in [3.8, 4) is 11.5 Å². The van der Waals surface area contributed by atoms with E-state index in [2.05, 4.69) is 11.4 Å². The Labute approximate surface area is 124 Å². The number of nitrogens with one attached hydrogen (secondary N) is 1. The summed E-state index contributed by atoms with van der Waals surface area (Å²) >= 11 is 0. The molecule has 2 aromatic rings. The Morgan fingerprint density at radius 2 is 1.86 bits per heavy atom. The average Bonchev–Trinajstić information content (AvgIpc) is 2.52. The summed E-state index contributed by atoms with van der Waals surface area (Å²) in [6.45, 7) is 1.45. The van der Waals surface area contributed by atoms with Gasteiger partial charge in [-0.05, 0) is 48.4 Å². The molecule has 0 atom stereocenters. The highest BCUT2D eigenvalue weighted by molar-refractivity contribution is 5.30. The number of rotatable bonds is 7. The number of halogens is 1. The lowest BCUT2D eigenvalue weighted by atomic mass is 10.1. The second kappa shape index (κ2) is 7.64. The average molecular weight is 289 g/mol. The van der Waals surface area contributed by atoms with Crippen LogP contribution in [0.25, 0.3) is 0 Å². The first kappa shape index (κ1) is 15.3.